The first-order valence-electron chi connectivity index (χ1n) is 10.3. The normalized spacial score (nSPS) is 13.9. The van der Waals surface area contributed by atoms with Gasteiger partial charge in [0.15, 0.2) is 0 Å². The Hall–Kier alpha value is -2.74. The van der Waals surface area contributed by atoms with Crippen LogP contribution in [0.3, 0.4) is 0 Å². The van der Waals surface area contributed by atoms with Crippen LogP contribution >= 0.6 is 0 Å². The van der Waals surface area contributed by atoms with E-state index in [1.165, 1.54) is 42.0 Å². The molecule has 7 nitrogen and oxygen atoms in total. The van der Waals surface area contributed by atoms with Crippen LogP contribution in [0, 0.1) is 13.8 Å². The molecule has 3 rings (SSSR count). The molecule has 13 heteroatoms. The molecule has 0 aliphatic heterocycles. The summed E-state index contributed by atoms with van der Waals surface area (Å²) in [5.41, 5.74) is -4.10. The zero-order valence-corrected chi connectivity index (χ0v) is 21.7. The zero-order chi connectivity index (χ0) is 27.1. The highest BCUT2D eigenvalue weighted by molar-refractivity contribution is 7.94. The van der Waals surface area contributed by atoms with Crippen molar-refractivity contribution in [3.05, 3.63) is 83.4 Å². The van der Waals surface area contributed by atoms with Crippen LogP contribution in [0.5, 0.6) is 0 Å². The summed E-state index contributed by atoms with van der Waals surface area (Å²) >= 11 is 0. The number of benzene rings is 3. The number of nitrogens with one attached hydrogen (secondary N) is 1. The van der Waals surface area contributed by atoms with Crippen LogP contribution in [0.25, 0.3) is 0 Å². The minimum absolute atomic E-state index is 0.0678. The molecule has 1 atom stereocenters. The molecule has 0 aromatic heterocycles. The summed E-state index contributed by atoms with van der Waals surface area (Å²) in [5, 5.41) is 0. The second-order valence-corrected chi connectivity index (χ2v) is 13.7. The van der Waals surface area contributed by atoms with Gasteiger partial charge in [-0.05, 0) is 68.3 Å². The topological polar surface area (TPSA) is 114 Å². The highest BCUT2D eigenvalue weighted by atomic mass is 32.2. The molecule has 36 heavy (non-hydrogen) atoms. The van der Waals surface area contributed by atoms with Crippen LogP contribution < -0.4 is 4.72 Å². The van der Waals surface area contributed by atoms with E-state index in [1.54, 1.807) is 26.0 Å². The predicted molar refractivity (Wildman–Crippen MR) is 126 cm³/mol. The van der Waals surface area contributed by atoms with E-state index in [0.717, 1.165) is 29.8 Å². The van der Waals surface area contributed by atoms with Gasteiger partial charge in [0, 0.05) is 6.04 Å². The summed E-state index contributed by atoms with van der Waals surface area (Å²) in [5.74, 6) is 0. The number of halogens is 3. The number of sulfonamides is 1. The maximum Gasteiger partial charge on any atom is 0.511 e. The van der Waals surface area contributed by atoms with E-state index in [-0.39, 0.29) is 15.4 Å². The first-order chi connectivity index (χ1) is 16.5. The summed E-state index contributed by atoms with van der Waals surface area (Å²) in [6.07, 6.45) is 0. The Morgan fingerprint density at radius 3 is 1.61 bits per heavy atom. The lowest BCUT2D eigenvalue weighted by molar-refractivity contribution is -0.0450. The number of sulfone groups is 2. The Balaban J connectivity index is 2.03. The van der Waals surface area contributed by atoms with E-state index >= 15 is 0 Å². The van der Waals surface area contributed by atoms with Crippen molar-refractivity contribution >= 4 is 29.7 Å². The molecule has 0 amide bonds. The highest BCUT2D eigenvalue weighted by Gasteiger charge is 2.46. The fourth-order valence-corrected chi connectivity index (χ4v) is 7.46. The maximum absolute atomic E-state index is 13.4. The molecule has 3 aromatic rings. The molecule has 1 N–H and O–H groups in total. The monoisotopic (exact) mass is 561 g/mol. The van der Waals surface area contributed by atoms with Crippen molar-refractivity contribution in [2.24, 2.45) is 0 Å². The standard InChI is InChI=1S/C23H22F3NO6S3/c1-15-4-9-19(10-5-15)35(30,31)22-14-16(2)6-13-21(22)34(28,29)20-11-7-18(8-12-20)17(3)27-36(32,33)23(24,25)26/h4-14,17,27H,1-3H3/t17-/m0/s1. The minimum Gasteiger partial charge on any atom is -0.218 e. The van der Waals surface area contributed by atoms with Crippen molar-refractivity contribution in [3.8, 4) is 0 Å². The average molecular weight is 562 g/mol. The summed E-state index contributed by atoms with van der Waals surface area (Å²) in [7, 11) is -14.2. The third kappa shape index (κ3) is 5.48. The highest BCUT2D eigenvalue weighted by Crippen LogP contribution is 2.33. The van der Waals surface area contributed by atoms with E-state index in [1.807, 2.05) is 0 Å². The number of rotatable bonds is 7. The van der Waals surface area contributed by atoms with Gasteiger partial charge in [-0.3, -0.25) is 0 Å². The Labute approximate surface area is 207 Å². The van der Waals surface area contributed by atoms with Gasteiger partial charge >= 0.3 is 15.5 Å². The van der Waals surface area contributed by atoms with Gasteiger partial charge in [-0.2, -0.15) is 13.2 Å². The van der Waals surface area contributed by atoms with Crippen LogP contribution in [0.2, 0.25) is 0 Å². The van der Waals surface area contributed by atoms with Gasteiger partial charge in [-0.1, -0.05) is 35.9 Å². The molecular formula is C23H22F3NO6S3. The smallest absolute Gasteiger partial charge is 0.218 e. The van der Waals surface area contributed by atoms with Crippen LogP contribution in [-0.4, -0.2) is 30.8 Å². The Morgan fingerprint density at radius 2 is 1.11 bits per heavy atom. The van der Waals surface area contributed by atoms with Crippen molar-refractivity contribution < 1.29 is 38.4 Å². The summed E-state index contributed by atoms with van der Waals surface area (Å²) in [4.78, 5) is -1.29. The number of hydrogen-bond acceptors (Lipinski definition) is 6. The van der Waals surface area contributed by atoms with Crippen LogP contribution in [0.4, 0.5) is 13.2 Å². The molecule has 0 fully saturated rings. The van der Waals surface area contributed by atoms with Gasteiger partial charge in [0.1, 0.15) is 0 Å². The van der Waals surface area contributed by atoms with Gasteiger partial charge in [-0.25, -0.2) is 30.0 Å². The molecule has 0 heterocycles. The van der Waals surface area contributed by atoms with Crippen LogP contribution in [-0.2, 0) is 29.7 Å². The molecule has 0 spiro atoms. The van der Waals surface area contributed by atoms with Crippen molar-refractivity contribution in [3.63, 3.8) is 0 Å². The first-order valence-corrected chi connectivity index (χ1v) is 14.8. The largest absolute Gasteiger partial charge is 0.511 e. The Kier molecular flexibility index (Phi) is 7.44. The predicted octanol–water partition coefficient (Wildman–Crippen LogP) is 4.47. The van der Waals surface area contributed by atoms with Crippen molar-refractivity contribution in [1.82, 2.24) is 4.72 Å². The number of aryl methyl sites for hydroxylation is 2. The van der Waals surface area contributed by atoms with Crippen molar-refractivity contribution in [2.75, 3.05) is 0 Å². The van der Waals surface area contributed by atoms with Crippen molar-refractivity contribution in [1.29, 1.82) is 0 Å². The minimum atomic E-state index is -5.62. The molecule has 194 valence electrons. The maximum atomic E-state index is 13.4. The first kappa shape index (κ1) is 27.8. The van der Waals surface area contributed by atoms with E-state index < -0.39 is 51.0 Å². The van der Waals surface area contributed by atoms with E-state index in [2.05, 4.69) is 0 Å². The fourth-order valence-electron chi connectivity index (χ4n) is 3.32. The molecule has 0 aliphatic carbocycles. The Bertz CT molecular complexity index is 1600. The van der Waals surface area contributed by atoms with E-state index in [4.69, 9.17) is 0 Å². The molecule has 0 bridgehead atoms. The second kappa shape index (κ2) is 9.61. The van der Waals surface area contributed by atoms with Gasteiger partial charge in [0.2, 0.25) is 19.7 Å². The van der Waals surface area contributed by atoms with E-state index in [9.17, 15) is 38.4 Å². The molecule has 0 unspecified atom stereocenters. The van der Waals surface area contributed by atoms with Crippen LogP contribution in [0.1, 0.15) is 29.7 Å². The number of hydrogen-bond donors (Lipinski definition) is 1. The molecule has 0 aliphatic rings. The molecule has 0 saturated carbocycles. The summed E-state index contributed by atoms with van der Waals surface area (Å²) in [6.45, 7) is 4.55. The van der Waals surface area contributed by atoms with Gasteiger partial charge in [0.05, 0.1) is 19.6 Å². The molecule has 0 radical (unpaired) electrons. The third-order valence-corrected chi connectivity index (χ3v) is 10.4. The molecule has 3 aromatic carbocycles. The van der Waals surface area contributed by atoms with Crippen LogP contribution in [0.15, 0.2) is 86.3 Å². The zero-order valence-electron chi connectivity index (χ0n) is 19.2. The lowest BCUT2D eigenvalue weighted by atomic mass is 10.1. The van der Waals surface area contributed by atoms with Gasteiger partial charge in [0.25, 0.3) is 0 Å². The van der Waals surface area contributed by atoms with Crippen molar-refractivity contribution in [2.45, 2.75) is 51.9 Å². The summed E-state index contributed by atoms with van der Waals surface area (Å²) < 4.78 is 116. The van der Waals surface area contributed by atoms with Gasteiger partial charge < -0.3 is 0 Å². The van der Waals surface area contributed by atoms with Gasteiger partial charge in [-0.15, -0.1) is 0 Å². The fraction of sp³-hybridized carbons (Fsp3) is 0.217. The number of alkyl halides is 3. The molecular weight excluding hydrogens is 539 g/mol. The van der Waals surface area contributed by atoms with E-state index in [0.29, 0.717) is 5.56 Å². The quantitative estimate of drug-likeness (QED) is 0.455. The Morgan fingerprint density at radius 1 is 0.667 bits per heavy atom. The summed E-state index contributed by atoms with van der Waals surface area (Å²) in [6, 6.07) is 12.9. The lowest BCUT2D eigenvalue weighted by Crippen LogP contribution is -2.37. The SMILES string of the molecule is Cc1ccc(S(=O)(=O)c2cc(C)ccc2S(=O)(=O)c2ccc([C@H](C)NS(=O)(=O)C(F)(F)F)cc2)cc1. The third-order valence-electron chi connectivity index (χ3n) is 5.34. The lowest BCUT2D eigenvalue weighted by Gasteiger charge is -2.17. The average Bonchev–Trinajstić information content (AvgIpc) is 2.78. The second-order valence-electron chi connectivity index (χ2n) is 8.13. The molecule has 0 saturated heterocycles.